The molecule has 4 rings (SSSR count). The van der Waals surface area contributed by atoms with E-state index in [1.54, 1.807) is 0 Å². The lowest BCUT2D eigenvalue weighted by Crippen LogP contribution is -1.97. The summed E-state index contributed by atoms with van der Waals surface area (Å²) in [5, 5.41) is 22.0. The molecule has 0 saturated carbocycles. The van der Waals surface area contributed by atoms with Gasteiger partial charge in [-0.25, -0.2) is 4.57 Å². The van der Waals surface area contributed by atoms with Crippen LogP contribution in [0.5, 0.6) is 11.8 Å². The Morgan fingerprint density at radius 2 is 1.38 bits per heavy atom. The second kappa shape index (κ2) is 4.35. The van der Waals surface area contributed by atoms with Crippen molar-refractivity contribution in [2.75, 3.05) is 0 Å². The Kier molecular flexibility index (Phi) is 2.77. The Balaban J connectivity index is 1.98. The van der Waals surface area contributed by atoms with Crippen molar-refractivity contribution in [3.8, 4) is 17.4 Å². The molecule has 0 amide bonds. The van der Waals surface area contributed by atoms with Crippen molar-refractivity contribution in [3.63, 3.8) is 0 Å². The Hall–Kier alpha value is -1.29. The summed E-state index contributed by atoms with van der Waals surface area (Å²) in [7, 11) is 0. The highest BCUT2D eigenvalue weighted by Gasteiger charge is 2.41. The van der Waals surface area contributed by atoms with E-state index in [9.17, 15) is 10.2 Å². The van der Waals surface area contributed by atoms with Gasteiger partial charge in [-0.3, -0.25) is 0 Å². The third kappa shape index (κ3) is 1.68. The van der Waals surface area contributed by atoms with Crippen molar-refractivity contribution >= 4 is 34.8 Å². The quantitative estimate of drug-likeness (QED) is 0.566. The molecule has 0 spiro atoms. The van der Waals surface area contributed by atoms with Gasteiger partial charge in [0.2, 0.25) is 11.8 Å². The van der Waals surface area contributed by atoms with Crippen LogP contribution in [0.25, 0.3) is 5.69 Å². The van der Waals surface area contributed by atoms with Crippen LogP contribution < -0.4 is 0 Å². The smallest absolute Gasteiger partial charge is 0.202 e. The van der Waals surface area contributed by atoms with Gasteiger partial charge in [-0.05, 0) is 18.6 Å². The number of halogens is 3. The van der Waals surface area contributed by atoms with Gasteiger partial charge in [0.1, 0.15) is 0 Å². The molecule has 0 saturated heterocycles. The molecule has 0 fully saturated rings. The molecule has 108 valence electrons. The summed E-state index contributed by atoms with van der Waals surface area (Å²) in [5.74, 6) is 0.330. The zero-order valence-corrected chi connectivity index (χ0v) is 12.9. The van der Waals surface area contributed by atoms with Crippen molar-refractivity contribution in [1.29, 1.82) is 0 Å². The van der Waals surface area contributed by atoms with Crippen molar-refractivity contribution < 1.29 is 10.2 Å². The molecular weight excluding hydrogens is 333 g/mol. The van der Waals surface area contributed by atoms with Crippen LogP contribution in [-0.4, -0.2) is 14.8 Å². The summed E-state index contributed by atoms with van der Waals surface area (Å²) in [6.07, 6.45) is 5.03. The van der Waals surface area contributed by atoms with Gasteiger partial charge in [0.25, 0.3) is 0 Å². The second-order valence-corrected chi connectivity index (χ2v) is 6.58. The minimum Gasteiger partial charge on any atom is -0.494 e. The fourth-order valence-corrected chi connectivity index (χ4v) is 3.98. The first kappa shape index (κ1) is 13.4. The topological polar surface area (TPSA) is 45.4 Å². The van der Waals surface area contributed by atoms with E-state index in [1.807, 2.05) is 0 Å². The second-order valence-electron chi connectivity index (χ2n) is 5.36. The van der Waals surface area contributed by atoms with E-state index >= 15 is 0 Å². The number of nitrogens with zero attached hydrogens (tertiary/aromatic N) is 1. The molecule has 1 heterocycles. The summed E-state index contributed by atoms with van der Waals surface area (Å²) in [6.45, 7) is 0. The Bertz CT molecular complexity index is 774. The maximum absolute atomic E-state index is 10.5. The molecule has 0 radical (unpaired) electrons. The number of rotatable bonds is 1. The summed E-state index contributed by atoms with van der Waals surface area (Å²) in [4.78, 5) is 0. The number of fused-ring (bicyclic) bond motifs is 5. The van der Waals surface area contributed by atoms with Gasteiger partial charge < -0.3 is 10.2 Å². The van der Waals surface area contributed by atoms with E-state index in [2.05, 4.69) is 12.2 Å². The molecule has 2 aromatic rings. The predicted molar refractivity (Wildman–Crippen MR) is 83.4 cm³/mol. The van der Waals surface area contributed by atoms with E-state index in [-0.39, 0.29) is 23.6 Å². The average Bonchev–Trinajstić information content (AvgIpc) is 3.09. The van der Waals surface area contributed by atoms with E-state index in [4.69, 9.17) is 34.8 Å². The molecule has 2 atom stereocenters. The molecule has 6 heteroatoms. The summed E-state index contributed by atoms with van der Waals surface area (Å²) in [5.41, 5.74) is 1.97. The molecule has 2 aliphatic rings. The van der Waals surface area contributed by atoms with Crippen molar-refractivity contribution in [2.24, 2.45) is 0 Å². The summed E-state index contributed by atoms with van der Waals surface area (Å²) < 4.78 is 1.33. The van der Waals surface area contributed by atoms with Crippen LogP contribution in [0.3, 0.4) is 0 Å². The SMILES string of the molecule is Oc1c2c(c(O)n1-c1cc(Cl)c(Cl)cc1Cl)[C@H]1C=C[C@@H]2C1. The van der Waals surface area contributed by atoms with Gasteiger partial charge in [-0.1, -0.05) is 47.0 Å². The van der Waals surface area contributed by atoms with Crippen molar-refractivity contribution in [1.82, 2.24) is 4.57 Å². The maximum atomic E-state index is 10.5. The largest absolute Gasteiger partial charge is 0.494 e. The number of hydrogen-bond donors (Lipinski definition) is 2. The zero-order valence-electron chi connectivity index (χ0n) is 10.6. The lowest BCUT2D eigenvalue weighted by atomic mass is 10.0. The molecule has 2 aliphatic carbocycles. The normalized spacial score (nSPS) is 22.0. The minimum absolute atomic E-state index is 0.0136. The molecule has 2 bridgehead atoms. The fourth-order valence-electron chi connectivity index (χ4n) is 3.35. The van der Waals surface area contributed by atoms with Gasteiger partial charge in [-0.15, -0.1) is 0 Å². The van der Waals surface area contributed by atoms with Crippen molar-refractivity contribution in [3.05, 3.63) is 50.5 Å². The molecule has 1 aromatic heterocycles. The highest BCUT2D eigenvalue weighted by Crippen LogP contribution is 2.57. The minimum atomic E-state index is 0.0136. The highest BCUT2D eigenvalue weighted by molar-refractivity contribution is 6.43. The van der Waals surface area contributed by atoms with Gasteiger partial charge in [0.15, 0.2) is 0 Å². The third-order valence-electron chi connectivity index (χ3n) is 4.25. The van der Waals surface area contributed by atoms with E-state index < -0.39 is 0 Å². The number of hydrogen-bond acceptors (Lipinski definition) is 2. The van der Waals surface area contributed by atoms with E-state index in [0.717, 1.165) is 17.5 Å². The molecule has 0 aliphatic heterocycles. The van der Waals surface area contributed by atoms with Crippen LogP contribution in [0.4, 0.5) is 0 Å². The lowest BCUT2D eigenvalue weighted by molar-refractivity contribution is 0.395. The maximum Gasteiger partial charge on any atom is 0.202 e. The third-order valence-corrected chi connectivity index (χ3v) is 5.28. The fraction of sp³-hybridized carbons (Fsp3) is 0.200. The molecule has 0 unspecified atom stereocenters. The van der Waals surface area contributed by atoms with Crippen LogP contribution in [0.15, 0.2) is 24.3 Å². The Labute approximate surface area is 136 Å². The molecule has 3 nitrogen and oxygen atoms in total. The van der Waals surface area contributed by atoms with Crippen LogP contribution in [0, 0.1) is 0 Å². The van der Waals surface area contributed by atoms with Crippen LogP contribution in [0.2, 0.25) is 15.1 Å². The van der Waals surface area contributed by atoms with Crippen LogP contribution in [-0.2, 0) is 0 Å². The van der Waals surface area contributed by atoms with E-state index in [1.165, 1.54) is 16.7 Å². The lowest BCUT2D eigenvalue weighted by Gasteiger charge is -2.12. The molecule has 2 N–H and O–H groups in total. The highest BCUT2D eigenvalue weighted by atomic mass is 35.5. The first-order valence-corrected chi connectivity index (χ1v) is 7.62. The number of aromatic nitrogens is 1. The number of benzene rings is 1. The Morgan fingerprint density at radius 3 is 1.95 bits per heavy atom. The van der Waals surface area contributed by atoms with Gasteiger partial charge in [-0.2, -0.15) is 0 Å². The van der Waals surface area contributed by atoms with Crippen molar-refractivity contribution in [2.45, 2.75) is 18.3 Å². The number of aromatic hydroxyl groups is 2. The van der Waals surface area contributed by atoms with Gasteiger partial charge >= 0.3 is 0 Å². The summed E-state index contributed by atoms with van der Waals surface area (Å²) >= 11 is 18.1. The average molecular weight is 343 g/mol. The molecule has 21 heavy (non-hydrogen) atoms. The van der Waals surface area contributed by atoms with Gasteiger partial charge in [0.05, 0.1) is 20.8 Å². The Morgan fingerprint density at radius 1 is 0.857 bits per heavy atom. The standard InChI is InChI=1S/C15H10Cl3NO2/c16-8-4-10(18)11(5-9(8)17)19-14(20)12-6-1-2-7(3-6)13(12)15(19)21/h1-2,4-7,20-21H,3H2/t6-,7+. The molecule has 1 aromatic carbocycles. The first-order valence-electron chi connectivity index (χ1n) is 6.48. The summed E-state index contributed by atoms with van der Waals surface area (Å²) in [6, 6.07) is 3.04. The predicted octanol–water partition coefficient (Wildman–Crippen LogP) is 4.99. The van der Waals surface area contributed by atoms with E-state index in [0.29, 0.717) is 20.8 Å². The monoisotopic (exact) mass is 341 g/mol. The first-order chi connectivity index (χ1) is 9.99. The molecular formula is C15H10Cl3NO2. The van der Waals surface area contributed by atoms with Crippen LogP contribution in [0.1, 0.15) is 29.4 Å². The number of allylic oxidation sites excluding steroid dienone is 2. The van der Waals surface area contributed by atoms with Crippen LogP contribution >= 0.6 is 34.8 Å². The zero-order chi connectivity index (χ0) is 14.9. The van der Waals surface area contributed by atoms with Gasteiger partial charge in [0, 0.05) is 23.0 Å².